The summed E-state index contributed by atoms with van der Waals surface area (Å²) in [6.07, 6.45) is 3.65. The molecule has 1 unspecified atom stereocenters. The molecule has 0 saturated heterocycles. The zero-order valence-corrected chi connectivity index (χ0v) is 12.8. The van der Waals surface area contributed by atoms with Crippen molar-refractivity contribution in [3.63, 3.8) is 0 Å². The molecule has 1 atom stereocenters. The third-order valence-corrected chi connectivity index (χ3v) is 3.88. The summed E-state index contributed by atoms with van der Waals surface area (Å²) < 4.78 is 1.11. The van der Waals surface area contributed by atoms with Crippen molar-refractivity contribution in [2.75, 3.05) is 5.32 Å². The van der Waals surface area contributed by atoms with Crippen LogP contribution in [0.4, 0.5) is 5.69 Å². The lowest BCUT2D eigenvalue weighted by molar-refractivity contribution is 0.881. The molecule has 0 bridgehead atoms. The first kappa shape index (κ1) is 13.1. The smallest absolute Gasteiger partial charge is 0.0486 e. The first-order valence-corrected chi connectivity index (χ1v) is 7.37. The molecule has 0 aliphatic heterocycles. The topological polar surface area (TPSA) is 24.9 Å². The normalized spacial score (nSPS) is 12.3. The second-order valence-electron chi connectivity index (χ2n) is 4.85. The van der Waals surface area contributed by atoms with Gasteiger partial charge in [-0.3, -0.25) is 4.98 Å². The Kier molecular flexibility index (Phi) is 3.70. The summed E-state index contributed by atoms with van der Waals surface area (Å²) in [5.41, 5.74) is 2.36. The number of halogens is 1. The molecule has 1 N–H and O–H groups in total. The van der Waals surface area contributed by atoms with E-state index in [1.165, 1.54) is 16.3 Å². The fraction of sp³-hybridized carbons (Fsp3) is 0.118. The van der Waals surface area contributed by atoms with Crippen LogP contribution in [0.25, 0.3) is 10.8 Å². The van der Waals surface area contributed by atoms with E-state index in [0.29, 0.717) is 0 Å². The van der Waals surface area contributed by atoms with E-state index in [1.54, 1.807) is 0 Å². The van der Waals surface area contributed by atoms with Crippen molar-refractivity contribution in [3.05, 3.63) is 71.0 Å². The van der Waals surface area contributed by atoms with Crippen LogP contribution in [-0.4, -0.2) is 4.98 Å². The molecule has 3 rings (SSSR count). The van der Waals surface area contributed by atoms with E-state index in [0.717, 1.165) is 10.2 Å². The van der Waals surface area contributed by atoms with Crippen molar-refractivity contribution < 1.29 is 0 Å². The summed E-state index contributed by atoms with van der Waals surface area (Å²) >= 11 is 3.50. The Labute approximate surface area is 127 Å². The number of hydrogen-bond donors (Lipinski definition) is 1. The average Bonchev–Trinajstić information content (AvgIpc) is 2.48. The van der Waals surface area contributed by atoms with E-state index in [-0.39, 0.29) is 6.04 Å². The maximum atomic E-state index is 4.05. The molecule has 1 heterocycles. The maximum Gasteiger partial charge on any atom is 0.0486 e. The first-order valence-electron chi connectivity index (χ1n) is 6.58. The van der Waals surface area contributed by atoms with Gasteiger partial charge in [-0.2, -0.15) is 0 Å². The van der Waals surface area contributed by atoms with Crippen molar-refractivity contribution in [1.29, 1.82) is 0 Å². The SMILES string of the molecule is CC(Nc1ccc2cc(Br)ccc2c1)c1ccncc1. The van der Waals surface area contributed by atoms with Crippen LogP contribution in [0.15, 0.2) is 65.4 Å². The standard InChI is InChI=1S/C17H15BrN2/c1-12(13-6-8-19-9-7-13)20-17-5-3-14-10-16(18)4-2-15(14)11-17/h2-12,20H,1H3. The molecule has 2 nitrogen and oxygen atoms in total. The van der Waals surface area contributed by atoms with Crippen LogP contribution in [0.5, 0.6) is 0 Å². The summed E-state index contributed by atoms with van der Waals surface area (Å²) in [7, 11) is 0. The number of nitrogens with one attached hydrogen (secondary N) is 1. The molecule has 0 radical (unpaired) electrons. The minimum atomic E-state index is 0.255. The van der Waals surface area contributed by atoms with Crippen LogP contribution in [-0.2, 0) is 0 Å². The third-order valence-electron chi connectivity index (χ3n) is 3.39. The second-order valence-corrected chi connectivity index (χ2v) is 5.77. The molecule has 3 aromatic rings. The zero-order chi connectivity index (χ0) is 13.9. The van der Waals surface area contributed by atoms with Crippen molar-refractivity contribution in [2.45, 2.75) is 13.0 Å². The first-order chi connectivity index (χ1) is 9.72. The fourth-order valence-corrected chi connectivity index (χ4v) is 2.67. The highest BCUT2D eigenvalue weighted by Gasteiger charge is 2.05. The molecule has 0 aliphatic carbocycles. The molecule has 3 heteroatoms. The van der Waals surface area contributed by atoms with Crippen LogP contribution in [0, 0.1) is 0 Å². The van der Waals surface area contributed by atoms with E-state index in [4.69, 9.17) is 0 Å². The summed E-state index contributed by atoms with van der Waals surface area (Å²) in [5.74, 6) is 0. The van der Waals surface area contributed by atoms with Crippen LogP contribution < -0.4 is 5.32 Å². The van der Waals surface area contributed by atoms with Gasteiger partial charge in [0.25, 0.3) is 0 Å². The van der Waals surface area contributed by atoms with Gasteiger partial charge < -0.3 is 5.32 Å². The second kappa shape index (κ2) is 5.63. The summed E-state index contributed by atoms with van der Waals surface area (Å²) in [5, 5.41) is 6.00. The molecule has 0 fully saturated rings. The number of nitrogens with zero attached hydrogens (tertiary/aromatic N) is 1. The monoisotopic (exact) mass is 326 g/mol. The summed E-state index contributed by atoms with van der Waals surface area (Å²) in [6, 6.07) is 17.1. The van der Waals surface area contributed by atoms with Gasteiger partial charge in [0.05, 0.1) is 0 Å². The minimum absolute atomic E-state index is 0.255. The molecular formula is C17H15BrN2. The highest BCUT2D eigenvalue weighted by molar-refractivity contribution is 9.10. The molecule has 0 aliphatic rings. The molecule has 0 spiro atoms. The number of aromatic nitrogens is 1. The van der Waals surface area contributed by atoms with E-state index in [1.807, 2.05) is 24.5 Å². The van der Waals surface area contributed by atoms with E-state index in [9.17, 15) is 0 Å². The molecule has 1 aromatic heterocycles. The van der Waals surface area contributed by atoms with Crippen LogP contribution in [0.1, 0.15) is 18.5 Å². The lowest BCUT2D eigenvalue weighted by Crippen LogP contribution is -2.06. The molecule has 0 amide bonds. The predicted octanol–water partition coefficient (Wildman–Crippen LogP) is 5.17. The Morgan fingerprint density at radius 2 is 1.65 bits per heavy atom. The molecular weight excluding hydrogens is 312 g/mol. The highest BCUT2D eigenvalue weighted by Crippen LogP contribution is 2.25. The Hall–Kier alpha value is -1.87. The average molecular weight is 327 g/mol. The van der Waals surface area contributed by atoms with Gasteiger partial charge >= 0.3 is 0 Å². The molecule has 0 saturated carbocycles. The molecule has 100 valence electrons. The van der Waals surface area contributed by atoms with Crippen LogP contribution in [0.2, 0.25) is 0 Å². The quantitative estimate of drug-likeness (QED) is 0.718. The Morgan fingerprint density at radius 1 is 0.950 bits per heavy atom. The van der Waals surface area contributed by atoms with Crippen LogP contribution in [0.3, 0.4) is 0 Å². The van der Waals surface area contributed by atoms with Gasteiger partial charge in [0.15, 0.2) is 0 Å². The van der Waals surface area contributed by atoms with Gasteiger partial charge in [0.2, 0.25) is 0 Å². The summed E-state index contributed by atoms with van der Waals surface area (Å²) in [6.45, 7) is 2.15. The van der Waals surface area contributed by atoms with Gasteiger partial charge in [-0.25, -0.2) is 0 Å². The zero-order valence-electron chi connectivity index (χ0n) is 11.2. The van der Waals surface area contributed by atoms with Gasteiger partial charge in [-0.05, 0) is 59.7 Å². The van der Waals surface area contributed by atoms with E-state index in [2.05, 4.69) is 69.6 Å². The highest BCUT2D eigenvalue weighted by atomic mass is 79.9. The number of fused-ring (bicyclic) bond motifs is 1. The number of rotatable bonds is 3. The number of hydrogen-bond acceptors (Lipinski definition) is 2. The lowest BCUT2D eigenvalue weighted by atomic mass is 10.1. The van der Waals surface area contributed by atoms with Crippen molar-refractivity contribution in [2.24, 2.45) is 0 Å². The Balaban J connectivity index is 1.86. The third kappa shape index (κ3) is 2.83. The molecule has 20 heavy (non-hydrogen) atoms. The molecule has 2 aromatic carbocycles. The fourth-order valence-electron chi connectivity index (χ4n) is 2.29. The summed E-state index contributed by atoms with van der Waals surface area (Å²) in [4.78, 5) is 4.05. The minimum Gasteiger partial charge on any atom is -0.379 e. The lowest BCUT2D eigenvalue weighted by Gasteiger charge is -2.16. The van der Waals surface area contributed by atoms with Gasteiger partial charge in [-0.1, -0.05) is 28.1 Å². The predicted molar refractivity (Wildman–Crippen MR) is 87.9 cm³/mol. The van der Waals surface area contributed by atoms with Crippen LogP contribution >= 0.6 is 15.9 Å². The van der Waals surface area contributed by atoms with Gasteiger partial charge in [0.1, 0.15) is 0 Å². The van der Waals surface area contributed by atoms with Crippen molar-refractivity contribution in [3.8, 4) is 0 Å². The largest absolute Gasteiger partial charge is 0.379 e. The number of benzene rings is 2. The van der Waals surface area contributed by atoms with Crippen molar-refractivity contribution >= 4 is 32.4 Å². The maximum absolute atomic E-state index is 4.05. The number of pyridine rings is 1. The van der Waals surface area contributed by atoms with E-state index < -0.39 is 0 Å². The number of anilines is 1. The Bertz CT molecular complexity index is 725. The van der Waals surface area contributed by atoms with Gasteiger partial charge in [-0.15, -0.1) is 0 Å². The van der Waals surface area contributed by atoms with Crippen molar-refractivity contribution in [1.82, 2.24) is 4.98 Å². The Morgan fingerprint density at radius 3 is 2.45 bits per heavy atom. The van der Waals surface area contributed by atoms with Gasteiger partial charge in [0, 0.05) is 28.6 Å². The van der Waals surface area contributed by atoms with E-state index >= 15 is 0 Å².